The number of anilines is 1. The van der Waals surface area contributed by atoms with Gasteiger partial charge in [-0.25, -0.2) is 4.98 Å². The molecule has 2 aromatic heterocycles. The number of benzene rings is 1. The van der Waals surface area contributed by atoms with Crippen molar-refractivity contribution in [3.05, 3.63) is 47.8 Å². The standard InChI is InChI=1S/C15H16N4O.ClH/c1-19-12-6-5-11(8-10-4-3-7-17-9-10)14(20-2)13(12)18-15(19)16;/h3-7,9H,8H2,1-2H3,(H2,16,18);1H. The first kappa shape index (κ1) is 15.1. The second kappa shape index (κ2) is 6.01. The molecule has 0 saturated heterocycles. The van der Waals surface area contributed by atoms with Crippen LogP contribution in [0.5, 0.6) is 5.75 Å². The van der Waals surface area contributed by atoms with Gasteiger partial charge in [0.1, 0.15) is 11.3 Å². The summed E-state index contributed by atoms with van der Waals surface area (Å²) in [7, 11) is 3.55. The lowest BCUT2D eigenvalue weighted by molar-refractivity contribution is 0.415. The number of pyridine rings is 1. The van der Waals surface area contributed by atoms with Crippen molar-refractivity contribution < 1.29 is 4.74 Å². The maximum atomic E-state index is 5.87. The van der Waals surface area contributed by atoms with Crippen molar-refractivity contribution in [2.45, 2.75) is 6.42 Å². The van der Waals surface area contributed by atoms with E-state index < -0.39 is 0 Å². The van der Waals surface area contributed by atoms with Crippen LogP contribution in [0.4, 0.5) is 5.95 Å². The zero-order chi connectivity index (χ0) is 14.1. The highest BCUT2D eigenvalue weighted by Gasteiger charge is 2.14. The van der Waals surface area contributed by atoms with Gasteiger partial charge >= 0.3 is 0 Å². The SMILES string of the molecule is COc1c(Cc2cccnc2)ccc2c1nc(N)n2C.Cl. The Morgan fingerprint density at radius 2 is 2.10 bits per heavy atom. The van der Waals surface area contributed by atoms with E-state index in [2.05, 4.69) is 16.0 Å². The summed E-state index contributed by atoms with van der Waals surface area (Å²) >= 11 is 0. The summed E-state index contributed by atoms with van der Waals surface area (Å²) in [5, 5.41) is 0. The van der Waals surface area contributed by atoms with Crippen LogP contribution >= 0.6 is 12.4 Å². The predicted octanol–water partition coefficient (Wildman–Crippen LogP) is 2.57. The third-order valence-electron chi connectivity index (χ3n) is 3.44. The van der Waals surface area contributed by atoms with Gasteiger partial charge in [-0.2, -0.15) is 0 Å². The summed E-state index contributed by atoms with van der Waals surface area (Å²) < 4.78 is 7.40. The molecule has 21 heavy (non-hydrogen) atoms. The number of fused-ring (bicyclic) bond motifs is 1. The topological polar surface area (TPSA) is 66.0 Å². The van der Waals surface area contributed by atoms with E-state index in [0.29, 0.717) is 5.95 Å². The number of nitrogens with zero attached hydrogens (tertiary/aromatic N) is 3. The minimum Gasteiger partial charge on any atom is -0.494 e. The number of nitrogen functional groups attached to an aromatic ring is 1. The Kier molecular flexibility index (Phi) is 4.33. The molecule has 6 heteroatoms. The van der Waals surface area contributed by atoms with E-state index in [1.54, 1.807) is 13.3 Å². The smallest absolute Gasteiger partial charge is 0.201 e. The largest absolute Gasteiger partial charge is 0.494 e. The Morgan fingerprint density at radius 1 is 1.29 bits per heavy atom. The van der Waals surface area contributed by atoms with Crippen LogP contribution in [-0.2, 0) is 13.5 Å². The van der Waals surface area contributed by atoms with Crippen LogP contribution in [0.1, 0.15) is 11.1 Å². The molecule has 0 saturated carbocycles. The highest BCUT2D eigenvalue weighted by molar-refractivity contribution is 5.86. The van der Waals surface area contributed by atoms with Crippen molar-refractivity contribution in [2.75, 3.05) is 12.8 Å². The van der Waals surface area contributed by atoms with E-state index >= 15 is 0 Å². The van der Waals surface area contributed by atoms with Gasteiger partial charge in [0, 0.05) is 31.4 Å². The third kappa shape index (κ3) is 2.64. The van der Waals surface area contributed by atoms with Gasteiger partial charge in [-0.05, 0) is 17.7 Å². The second-order valence-corrected chi connectivity index (χ2v) is 4.69. The van der Waals surface area contributed by atoms with Crippen LogP contribution in [0.3, 0.4) is 0 Å². The summed E-state index contributed by atoms with van der Waals surface area (Å²) in [6, 6.07) is 8.05. The summed E-state index contributed by atoms with van der Waals surface area (Å²) in [4.78, 5) is 8.52. The zero-order valence-corrected chi connectivity index (χ0v) is 12.7. The number of halogens is 1. The van der Waals surface area contributed by atoms with E-state index in [0.717, 1.165) is 34.3 Å². The minimum atomic E-state index is 0. The van der Waals surface area contributed by atoms with Gasteiger partial charge in [0.25, 0.3) is 0 Å². The average Bonchev–Trinajstić information content (AvgIpc) is 2.75. The number of hydrogen-bond acceptors (Lipinski definition) is 4. The maximum Gasteiger partial charge on any atom is 0.201 e. The molecule has 0 radical (unpaired) electrons. The summed E-state index contributed by atoms with van der Waals surface area (Å²) in [6.45, 7) is 0. The number of methoxy groups -OCH3 is 1. The molecule has 0 aliphatic carbocycles. The van der Waals surface area contributed by atoms with Gasteiger partial charge in [-0.3, -0.25) is 4.98 Å². The molecule has 3 aromatic rings. The molecule has 110 valence electrons. The normalized spacial score (nSPS) is 10.4. The van der Waals surface area contributed by atoms with Gasteiger partial charge in [0.15, 0.2) is 0 Å². The van der Waals surface area contributed by atoms with Crippen LogP contribution in [0.25, 0.3) is 11.0 Å². The molecule has 3 rings (SSSR count). The van der Waals surface area contributed by atoms with E-state index in [9.17, 15) is 0 Å². The third-order valence-corrected chi connectivity index (χ3v) is 3.44. The van der Waals surface area contributed by atoms with Crippen LogP contribution in [-0.4, -0.2) is 21.6 Å². The van der Waals surface area contributed by atoms with Crippen molar-refractivity contribution in [1.82, 2.24) is 14.5 Å². The summed E-state index contributed by atoms with van der Waals surface area (Å²) in [5.74, 6) is 1.26. The minimum absolute atomic E-state index is 0. The molecular weight excluding hydrogens is 288 g/mol. The lowest BCUT2D eigenvalue weighted by Gasteiger charge is -2.09. The average molecular weight is 305 g/mol. The quantitative estimate of drug-likeness (QED) is 0.807. The molecule has 0 amide bonds. The van der Waals surface area contributed by atoms with Gasteiger partial charge in [0.2, 0.25) is 5.95 Å². The van der Waals surface area contributed by atoms with Crippen molar-refractivity contribution >= 4 is 29.4 Å². The maximum absolute atomic E-state index is 5.87. The fourth-order valence-corrected chi connectivity index (χ4v) is 2.38. The lowest BCUT2D eigenvalue weighted by Crippen LogP contribution is -1.97. The highest BCUT2D eigenvalue weighted by Crippen LogP contribution is 2.31. The summed E-state index contributed by atoms with van der Waals surface area (Å²) in [6.07, 6.45) is 4.38. The first-order chi connectivity index (χ1) is 9.70. The zero-order valence-electron chi connectivity index (χ0n) is 11.9. The van der Waals surface area contributed by atoms with E-state index in [-0.39, 0.29) is 12.4 Å². The van der Waals surface area contributed by atoms with Gasteiger partial charge in [-0.1, -0.05) is 12.1 Å². The van der Waals surface area contributed by atoms with Gasteiger partial charge in [0.05, 0.1) is 12.6 Å². The number of ether oxygens (including phenoxy) is 1. The van der Waals surface area contributed by atoms with Crippen molar-refractivity contribution in [3.8, 4) is 5.75 Å². The molecule has 0 spiro atoms. The molecule has 2 heterocycles. The van der Waals surface area contributed by atoms with Crippen LogP contribution in [0.15, 0.2) is 36.7 Å². The number of aromatic nitrogens is 3. The molecule has 0 bridgehead atoms. The predicted molar refractivity (Wildman–Crippen MR) is 86.0 cm³/mol. The molecule has 5 nitrogen and oxygen atoms in total. The number of nitrogens with two attached hydrogens (primary N) is 1. The highest BCUT2D eigenvalue weighted by atomic mass is 35.5. The molecule has 0 fully saturated rings. The Morgan fingerprint density at radius 3 is 2.76 bits per heavy atom. The van der Waals surface area contributed by atoms with Crippen LogP contribution in [0.2, 0.25) is 0 Å². The van der Waals surface area contributed by atoms with E-state index in [4.69, 9.17) is 10.5 Å². The second-order valence-electron chi connectivity index (χ2n) is 4.69. The molecule has 0 atom stereocenters. The summed E-state index contributed by atoms with van der Waals surface area (Å²) in [5.41, 5.74) is 9.84. The molecular formula is C15H17ClN4O. The van der Waals surface area contributed by atoms with Crippen LogP contribution in [0, 0.1) is 0 Å². The number of imidazole rings is 1. The van der Waals surface area contributed by atoms with E-state index in [1.807, 2.05) is 36.0 Å². The van der Waals surface area contributed by atoms with Crippen molar-refractivity contribution in [2.24, 2.45) is 7.05 Å². The fourth-order valence-electron chi connectivity index (χ4n) is 2.38. The number of hydrogen-bond donors (Lipinski definition) is 1. The van der Waals surface area contributed by atoms with Crippen LogP contribution < -0.4 is 10.5 Å². The number of aryl methyl sites for hydroxylation is 1. The molecule has 1 aromatic carbocycles. The van der Waals surface area contributed by atoms with Gasteiger partial charge in [-0.15, -0.1) is 12.4 Å². The molecule has 0 aliphatic rings. The monoisotopic (exact) mass is 304 g/mol. The molecule has 0 unspecified atom stereocenters. The Balaban J connectivity index is 0.00000161. The van der Waals surface area contributed by atoms with Crippen molar-refractivity contribution in [3.63, 3.8) is 0 Å². The Hall–Kier alpha value is -2.27. The van der Waals surface area contributed by atoms with E-state index in [1.165, 1.54) is 0 Å². The Labute approximate surface area is 129 Å². The van der Waals surface area contributed by atoms with Crippen molar-refractivity contribution in [1.29, 1.82) is 0 Å². The fraction of sp³-hybridized carbons (Fsp3) is 0.200. The lowest BCUT2D eigenvalue weighted by atomic mass is 10.0. The number of rotatable bonds is 3. The first-order valence-corrected chi connectivity index (χ1v) is 6.37. The first-order valence-electron chi connectivity index (χ1n) is 6.37. The Bertz CT molecular complexity index is 755. The van der Waals surface area contributed by atoms with Gasteiger partial charge < -0.3 is 15.0 Å². The molecule has 2 N–H and O–H groups in total. The molecule has 0 aliphatic heterocycles.